The molecule has 0 bridgehead atoms. The van der Waals surface area contributed by atoms with E-state index in [1.54, 1.807) is 18.2 Å². The Hall–Kier alpha value is -3.57. The maximum Gasteiger partial charge on any atom is 0.417 e. The van der Waals surface area contributed by atoms with Gasteiger partial charge in [0, 0.05) is 25.2 Å². The average molecular weight is 453 g/mol. The van der Waals surface area contributed by atoms with E-state index in [4.69, 9.17) is 4.74 Å². The van der Waals surface area contributed by atoms with E-state index in [2.05, 4.69) is 15.2 Å². The summed E-state index contributed by atoms with van der Waals surface area (Å²) in [5.74, 6) is -4.17. The lowest BCUT2D eigenvalue weighted by Crippen LogP contribution is -2.46. The molecule has 7 nitrogen and oxygen atoms in total. The zero-order valence-electron chi connectivity index (χ0n) is 16.3. The lowest BCUT2D eigenvalue weighted by molar-refractivity contribution is -0.137. The predicted molar refractivity (Wildman–Crippen MR) is 100 cm³/mol. The van der Waals surface area contributed by atoms with Crippen LogP contribution in [0, 0.1) is 0 Å². The van der Waals surface area contributed by atoms with Gasteiger partial charge in [0.1, 0.15) is 12.6 Å². The number of carbonyl (C=O) groups is 1. The quantitative estimate of drug-likeness (QED) is 0.552. The van der Waals surface area contributed by atoms with Crippen LogP contribution in [-0.4, -0.2) is 55.9 Å². The number of hydrogen-bond donors (Lipinski definition) is 0. The lowest BCUT2D eigenvalue weighted by atomic mass is 10.1. The van der Waals surface area contributed by atoms with Gasteiger partial charge in [0.15, 0.2) is 0 Å². The van der Waals surface area contributed by atoms with Gasteiger partial charge in [-0.25, -0.2) is 13.8 Å². The first-order valence-corrected chi connectivity index (χ1v) is 9.47. The largest absolute Gasteiger partial charge is 0.475 e. The number of halogens is 5. The van der Waals surface area contributed by atoms with Gasteiger partial charge in [-0.3, -0.25) is 4.79 Å². The fraction of sp³-hybridized carbons (Fsp3) is 0.300. The van der Waals surface area contributed by atoms with Crippen LogP contribution in [0.2, 0.25) is 0 Å². The van der Waals surface area contributed by atoms with E-state index in [1.807, 2.05) is 0 Å². The highest BCUT2D eigenvalue weighted by Crippen LogP contribution is 2.36. The lowest BCUT2D eigenvalue weighted by Gasteiger charge is -2.28. The predicted octanol–water partition coefficient (Wildman–Crippen LogP) is 3.61. The Morgan fingerprint density at radius 3 is 2.50 bits per heavy atom. The fourth-order valence-electron chi connectivity index (χ4n) is 3.40. The molecule has 0 N–H and O–H groups in total. The molecular weight excluding hydrogens is 437 g/mol. The zero-order valence-corrected chi connectivity index (χ0v) is 16.3. The Morgan fingerprint density at radius 1 is 1.12 bits per heavy atom. The van der Waals surface area contributed by atoms with Crippen LogP contribution in [0.5, 0.6) is 5.88 Å². The number of likely N-dealkylation sites (tertiary alicyclic amines) is 1. The van der Waals surface area contributed by atoms with Crippen LogP contribution in [0.25, 0.3) is 5.69 Å². The van der Waals surface area contributed by atoms with Crippen molar-refractivity contribution in [1.82, 2.24) is 24.9 Å². The highest BCUT2D eigenvalue weighted by atomic mass is 19.4. The highest BCUT2D eigenvalue weighted by Gasteiger charge is 2.51. The van der Waals surface area contributed by atoms with Crippen molar-refractivity contribution in [2.24, 2.45) is 0 Å². The Labute approximate surface area is 178 Å². The van der Waals surface area contributed by atoms with Gasteiger partial charge < -0.3 is 9.64 Å². The number of nitrogens with zero attached hydrogens (tertiary/aromatic N) is 5. The summed E-state index contributed by atoms with van der Waals surface area (Å²) in [7, 11) is 0. The summed E-state index contributed by atoms with van der Waals surface area (Å²) in [6.45, 7) is -0.861. The van der Waals surface area contributed by atoms with Gasteiger partial charge in [-0.05, 0) is 18.2 Å². The van der Waals surface area contributed by atoms with E-state index in [0.717, 1.165) is 17.0 Å². The molecule has 0 saturated carbocycles. The minimum Gasteiger partial charge on any atom is -0.475 e. The van der Waals surface area contributed by atoms with Crippen LogP contribution in [-0.2, 0) is 6.18 Å². The van der Waals surface area contributed by atoms with Crippen LogP contribution in [0.1, 0.15) is 22.3 Å². The maximum absolute atomic E-state index is 14.6. The third-order valence-corrected chi connectivity index (χ3v) is 5.03. The van der Waals surface area contributed by atoms with E-state index in [0.29, 0.717) is 11.9 Å². The first-order chi connectivity index (χ1) is 15.2. The molecule has 12 heteroatoms. The average Bonchev–Trinajstić information content (AvgIpc) is 3.39. The first kappa shape index (κ1) is 21.7. The number of rotatable bonds is 5. The number of para-hydroxylation sites is 1. The molecule has 1 atom stereocenters. The normalized spacial score (nSPS) is 18.0. The molecule has 1 amide bonds. The first-order valence-electron chi connectivity index (χ1n) is 9.47. The highest BCUT2D eigenvalue weighted by molar-refractivity contribution is 5.98. The Morgan fingerprint density at radius 2 is 1.84 bits per heavy atom. The molecule has 1 fully saturated rings. The van der Waals surface area contributed by atoms with Crippen molar-refractivity contribution in [3.8, 4) is 11.6 Å². The van der Waals surface area contributed by atoms with Crippen molar-refractivity contribution in [3.05, 3.63) is 66.1 Å². The fourth-order valence-corrected chi connectivity index (χ4v) is 3.40. The number of alkyl halides is 5. The number of carbonyl (C=O) groups excluding carboxylic acids is 1. The standard InChI is InChI=1S/C20H16F5N5O2/c21-19(22)7-10-29(16(19)12-32-17-6-5-13(11-26-17)20(23,24)25)18(31)14-3-1-2-4-15(14)30-27-8-9-28-30/h1-6,8-9,11,16H,7,10,12H2/t16-/m1/s1. The van der Waals surface area contributed by atoms with Crippen molar-refractivity contribution in [2.75, 3.05) is 13.2 Å². The van der Waals surface area contributed by atoms with Crippen molar-refractivity contribution in [1.29, 1.82) is 0 Å². The van der Waals surface area contributed by atoms with Gasteiger partial charge in [0.2, 0.25) is 5.88 Å². The summed E-state index contributed by atoms with van der Waals surface area (Å²) in [6.07, 6.45) is -1.77. The maximum atomic E-state index is 14.6. The van der Waals surface area contributed by atoms with Crippen molar-refractivity contribution in [3.63, 3.8) is 0 Å². The van der Waals surface area contributed by atoms with Crippen molar-refractivity contribution in [2.45, 2.75) is 24.6 Å². The Balaban J connectivity index is 1.54. The molecule has 3 aromatic rings. The molecule has 1 aliphatic heterocycles. The number of amides is 1. The number of pyridine rings is 1. The van der Waals surface area contributed by atoms with Crippen LogP contribution in [0.3, 0.4) is 0 Å². The molecule has 0 aliphatic carbocycles. The van der Waals surface area contributed by atoms with Gasteiger partial charge in [-0.2, -0.15) is 28.2 Å². The second kappa shape index (κ2) is 8.17. The van der Waals surface area contributed by atoms with Gasteiger partial charge in [0.25, 0.3) is 11.8 Å². The van der Waals surface area contributed by atoms with Crippen molar-refractivity contribution >= 4 is 5.91 Å². The summed E-state index contributed by atoms with van der Waals surface area (Å²) >= 11 is 0. The summed E-state index contributed by atoms with van der Waals surface area (Å²) in [4.78, 5) is 18.9. The molecule has 168 valence electrons. The molecule has 1 saturated heterocycles. The van der Waals surface area contributed by atoms with E-state index >= 15 is 0 Å². The number of ether oxygens (including phenoxy) is 1. The molecule has 3 heterocycles. The van der Waals surface area contributed by atoms with Gasteiger partial charge in [0.05, 0.1) is 29.2 Å². The molecule has 0 radical (unpaired) electrons. The summed E-state index contributed by atoms with van der Waals surface area (Å²) in [6, 6.07) is 6.37. The molecule has 32 heavy (non-hydrogen) atoms. The minimum absolute atomic E-state index is 0.124. The molecular formula is C20H16F5N5O2. The number of benzene rings is 1. The molecule has 2 aromatic heterocycles. The Bertz CT molecular complexity index is 1090. The molecule has 4 rings (SSSR count). The SMILES string of the molecule is O=C(c1ccccc1-n1nccn1)N1CCC(F)(F)[C@H]1COc1ccc(C(F)(F)F)cn1. The second-order valence-corrected chi connectivity index (χ2v) is 7.05. The zero-order chi connectivity index (χ0) is 22.9. The van der Waals surface area contributed by atoms with Crippen LogP contribution >= 0.6 is 0 Å². The van der Waals surface area contributed by atoms with Gasteiger partial charge in [-0.15, -0.1) is 0 Å². The molecule has 0 spiro atoms. The third kappa shape index (κ3) is 4.25. The van der Waals surface area contributed by atoms with Crippen LogP contribution in [0.4, 0.5) is 22.0 Å². The van der Waals surface area contributed by atoms with E-state index < -0.39 is 42.6 Å². The van der Waals surface area contributed by atoms with Crippen molar-refractivity contribution < 1.29 is 31.5 Å². The summed E-state index contributed by atoms with van der Waals surface area (Å²) in [5, 5.41) is 7.96. The minimum atomic E-state index is -4.58. The van der Waals surface area contributed by atoms with Crippen LogP contribution < -0.4 is 4.74 Å². The summed E-state index contributed by atoms with van der Waals surface area (Å²) in [5.41, 5.74) is -0.544. The number of hydrogen-bond acceptors (Lipinski definition) is 5. The van der Waals surface area contributed by atoms with E-state index in [1.165, 1.54) is 23.3 Å². The second-order valence-electron chi connectivity index (χ2n) is 7.05. The monoisotopic (exact) mass is 453 g/mol. The van der Waals surface area contributed by atoms with E-state index in [-0.39, 0.29) is 18.0 Å². The van der Waals surface area contributed by atoms with Gasteiger partial charge >= 0.3 is 6.18 Å². The Kier molecular flexibility index (Phi) is 5.53. The number of aromatic nitrogens is 4. The third-order valence-electron chi connectivity index (χ3n) is 5.03. The molecule has 1 aliphatic rings. The molecule has 1 aromatic carbocycles. The topological polar surface area (TPSA) is 73.1 Å². The van der Waals surface area contributed by atoms with E-state index in [9.17, 15) is 26.7 Å². The molecule has 0 unspecified atom stereocenters. The van der Waals surface area contributed by atoms with Gasteiger partial charge in [-0.1, -0.05) is 12.1 Å². The van der Waals surface area contributed by atoms with Crippen LogP contribution in [0.15, 0.2) is 55.0 Å². The smallest absolute Gasteiger partial charge is 0.417 e. The summed E-state index contributed by atoms with van der Waals surface area (Å²) < 4.78 is 72.3.